The topological polar surface area (TPSA) is 12.0 Å². The van der Waals surface area contributed by atoms with Gasteiger partial charge in [0.25, 0.3) is 0 Å². The van der Waals surface area contributed by atoms with Crippen LogP contribution in [-0.2, 0) is 6.42 Å². The fraction of sp³-hybridized carbons (Fsp3) is 0.714. The van der Waals surface area contributed by atoms with E-state index in [-0.39, 0.29) is 0 Å². The van der Waals surface area contributed by atoms with Gasteiger partial charge in [0.2, 0.25) is 0 Å². The molecule has 0 aromatic carbocycles. The van der Waals surface area contributed by atoms with Gasteiger partial charge in [0.05, 0.1) is 0 Å². The second kappa shape index (κ2) is 6.35. The maximum atomic E-state index is 3.71. The van der Waals surface area contributed by atoms with E-state index in [9.17, 15) is 0 Å². The number of likely N-dealkylation sites (N-methyl/N-ethyl adjacent to an activating group) is 1. The molecular weight excluding hydrogens is 294 g/mol. The molecule has 1 heterocycles. The molecule has 1 N–H and O–H groups in total. The molecule has 0 aliphatic heterocycles. The van der Waals surface area contributed by atoms with Crippen molar-refractivity contribution >= 4 is 27.3 Å². The Hall–Kier alpha value is 0.140. The molecule has 3 heteroatoms. The van der Waals surface area contributed by atoms with Crippen LogP contribution < -0.4 is 5.32 Å². The molecule has 96 valence electrons. The van der Waals surface area contributed by atoms with Crippen molar-refractivity contribution in [1.82, 2.24) is 5.32 Å². The molecule has 17 heavy (non-hydrogen) atoms. The van der Waals surface area contributed by atoms with E-state index in [1.807, 2.05) is 11.3 Å². The van der Waals surface area contributed by atoms with E-state index in [1.54, 1.807) is 0 Å². The van der Waals surface area contributed by atoms with Crippen molar-refractivity contribution in [2.45, 2.75) is 45.6 Å². The van der Waals surface area contributed by atoms with Gasteiger partial charge in [-0.15, -0.1) is 11.3 Å². The molecule has 0 bridgehead atoms. The Morgan fingerprint density at radius 1 is 1.53 bits per heavy atom. The van der Waals surface area contributed by atoms with Crippen LogP contribution in [0.2, 0.25) is 0 Å². The standard InChI is InChI=1S/C14H22BrNS/c1-3-16-13(11-6-4-5-10(11)2)9-14-12(15)7-8-17-14/h7-8,10-11,13,16H,3-6,9H2,1-2H3. The molecule has 1 fully saturated rings. The van der Waals surface area contributed by atoms with Crippen LogP contribution in [0.5, 0.6) is 0 Å². The van der Waals surface area contributed by atoms with E-state index >= 15 is 0 Å². The van der Waals surface area contributed by atoms with Crippen LogP contribution in [0, 0.1) is 11.8 Å². The quantitative estimate of drug-likeness (QED) is 0.845. The molecule has 0 radical (unpaired) electrons. The van der Waals surface area contributed by atoms with E-state index in [0.717, 1.165) is 18.4 Å². The Bertz CT molecular complexity index is 350. The molecule has 3 atom stereocenters. The summed E-state index contributed by atoms with van der Waals surface area (Å²) >= 11 is 5.53. The predicted molar refractivity (Wildman–Crippen MR) is 79.7 cm³/mol. The Labute approximate surface area is 117 Å². The summed E-state index contributed by atoms with van der Waals surface area (Å²) in [6, 6.07) is 2.83. The third-order valence-corrected chi connectivity index (χ3v) is 5.96. The van der Waals surface area contributed by atoms with Gasteiger partial charge in [0.15, 0.2) is 0 Å². The van der Waals surface area contributed by atoms with E-state index in [2.05, 4.69) is 46.5 Å². The molecule has 1 aliphatic rings. The van der Waals surface area contributed by atoms with Crippen LogP contribution in [0.25, 0.3) is 0 Å². The Kier molecular flexibility index (Phi) is 5.07. The molecule has 1 aromatic heterocycles. The fourth-order valence-corrected chi connectivity index (χ4v) is 4.65. The van der Waals surface area contributed by atoms with Gasteiger partial charge in [0.1, 0.15) is 0 Å². The summed E-state index contributed by atoms with van der Waals surface area (Å²) in [6.45, 7) is 5.72. The van der Waals surface area contributed by atoms with E-state index < -0.39 is 0 Å². The molecule has 0 saturated heterocycles. The number of thiophene rings is 1. The highest BCUT2D eigenvalue weighted by molar-refractivity contribution is 9.10. The summed E-state index contributed by atoms with van der Waals surface area (Å²) in [5, 5.41) is 5.89. The summed E-state index contributed by atoms with van der Waals surface area (Å²) in [5.74, 6) is 1.75. The minimum absolute atomic E-state index is 0.660. The largest absolute Gasteiger partial charge is 0.314 e. The maximum Gasteiger partial charge on any atom is 0.0314 e. The number of hydrogen-bond acceptors (Lipinski definition) is 2. The summed E-state index contributed by atoms with van der Waals surface area (Å²) in [7, 11) is 0. The zero-order valence-corrected chi connectivity index (χ0v) is 13.1. The minimum atomic E-state index is 0.660. The zero-order chi connectivity index (χ0) is 12.3. The van der Waals surface area contributed by atoms with Gasteiger partial charge in [-0.2, -0.15) is 0 Å². The Morgan fingerprint density at radius 3 is 2.88 bits per heavy atom. The van der Waals surface area contributed by atoms with E-state index in [4.69, 9.17) is 0 Å². The minimum Gasteiger partial charge on any atom is -0.314 e. The van der Waals surface area contributed by atoms with Crippen molar-refractivity contribution in [2.24, 2.45) is 11.8 Å². The van der Waals surface area contributed by atoms with Gasteiger partial charge in [0, 0.05) is 15.4 Å². The Balaban J connectivity index is 2.04. The van der Waals surface area contributed by atoms with Crippen LogP contribution in [0.15, 0.2) is 15.9 Å². The lowest BCUT2D eigenvalue weighted by Crippen LogP contribution is -2.39. The Morgan fingerprint density at radius 2 is 2.35 bits per heavy atom. The van der Waals surface area contributed by atoms with Crippen molar-refractivity contribution in [3.63, 3.8) is 0 Å². The summed E-state index contributed by atoms with van der Waals surface area (Å²) < 4.78 is 1.29. The monoisotopic (exact) mass is 315 g/mol. The summed E-state index contributed by atoms with van der Waals surface area (Å²) in [4.78, 5) is 1.50. The first-order chi connectivity index (χ1) is 8.22. The van der Waals surface area contributed by atoms with Gasteiger partial charge in [-0.05, 0) is 58.6 Å². The molecule has 3 unspecified atom stereocenters. The average Bonchev–Trinajstić information content (AvgIpc) is 2.88. The smallest absolute Gasteiger partial charge is 0.0314 e. The van der Waals surface area contributed by atoms with Gasteiger partial charge in [-0.1, -0.05) is 26.7 Å². The fourth-order valence-electron chi connectivity index (χ4n) is 3.08. The third kappa shape index (κ3) is 3.33. The van der Waals surface area contributed by atoms with Crippen molar-refractivity contribution in [1.29, 1.82) is 0 Å². The second-order valence-corrected chi connectivity index (χ2v) is 6.99. The highest BCUT2D eigenvalue weighted by atomic mass is 79.9. The van der Waals surface area contributed by atoms with E-state index in [1.165, 1.54) is 35.0 Å². The van der Waals surface area contributed by atoms with Gasteiger partial charge in [-0.3, -0.25) is 0 Å². The molecule has 1 aromatic rings. The summed E-state index contributed by atoms with van der Waals surface area (Å²) in [6.07, 6.45) is 5.42. The number of hydrogen-bond donors (Lipinski definition) is 1. The molecular formula is C14H22BrNS. The lowest BCUT2D eigenvalue weighted by atomic mass is 9.88. The second-order valence-electron chi connectivity index (χ2n) is 5.13. The van der Waals surface area contributed by atoms with Gasteiger partial charge >= 0.3 is 0 Å². The lowest BCUT2D eigenvalue weighted by Gasteiger charge is -2.27. The molecule has 2 rings (SSSR count). The van der Waals surface area contributed by atoms with Crippen molar-refractivity contribution < 1.29 is 0 Å². The van der Waals surface area contributed by atoms with Gasteiger partial charge in [-0.25, -0.2) is 0 Å². The van der Waals surface area contributed by atoms with Crippen LogP contribution in [-0.4, -0.2) is 12.6 Å². The number of halogens is 1. The molecule has 1 nitrogen and oxygen atoms in total. The lowest BCUT2D eigenvalue weighted by molar-refractivity contribution is 0.299. The summed E-state index contributed by atoms with van der Waals surface area (Å²) in [5.41, 5.74) is 0. The van der Waals surface area contributed by atoms with Crippen LogP contribution >= 0.6 is 27.3 Å². The van der Waals surface area contributed by atoms with Crippen molar-refractivity contribution in [2.75, 3.05) is 6.54 Å². The highest BCUT2D eigenvalue weighted by Gasteiger charge is 2.30. The van der Waals surface area contributed by atoms with Crippen molar-refractivity contribution in [3.05, 3.63) is 20.8 Å². The SMILES string of the molecule is CCNC(Cc1sccc1Br)C1CCCC1C. The van der Waals surface area contributed by atoms with Gasteiger partial charge < -0.3 is 5.32 Å². The third-order valence-electron chi connectivity index (χ3n) is 4.01. The first kappa shape index (κ1) is 13.6. The maximum absolute atomic E-state index is 3.71. The first-order valence-electron chi connectivity index (χ1n) is 6.67. The highest BCUT2D eigenvalue weighted by Crippen LogP contribution is 2.36. The molecule has 1 saturated carbocycles. The molecule has 0 amide bonds. The van der Waals surface area contributed by atoms with Crippen molar-refractivity contribution in [3.8, 4) is 0 Å². The zero-order valence-electron chi connectivity index (χ0n) is 10.7. The molecule has 0 spiro atoms. The number of nitrogens with one attached hydrogen (secondary N) is 1. The first-order valence-corrected chi connectivity index (χ1v) is 8.35. The predicted octanol–water partition coefficient (Wildman–Crippen LogP) is 4.47. The molecule has 1 aliphatic carbocycles. The normalized spacial score (nSPS) is 26.3. The average molecular weight is 316 g/mol. The van der Waals surface area contributed by atoms with E-state index in [0.29, 0.717) is 6.04 Å². The van der Waals surface area contributed by atoms with Crippen LogP contribution in [0.3, 0.4) is 0 Å². The van der Waals surface area contributed by atoms with Crippen LogP contribution in [0.4, 0.5) is 0 Å². The van der Waals surface area contributed by atoms with Crippen LogP contribution in [0.1, 0.15) is 38.0 Å². The number of rotatable bonds is 5.